The first-order chi connectivity index (χ1) is 12.1. The number of benzene rings is 1. The van der Waals surface area contributed by atoms with Crippen molar-refractivity contribution in [2.75, 3.05) is 45.2 Å². The van der Waals surface area contributed by atoms with E-state index in [1.807, 2.05) is 24.3 Å². The van der Waals surface area contributed by atoms with E-state index in [0.717, 1.165) is 44.2 Å². The maximum atomic E-state index is 11.2. The molecule has 3 N–H and O–H groups in total. The van der Waals surface area contributed by atoms with Gasteiger partial charge in [0.25, 0.3) is 0 Å². The van der Waals surface area contributed by atoms with Crippen LogP contribution in [0.5, 0.6) is 5.75 Å². The molecule has 0 aliphatic carbocycles. The van der Waals surface area contributed by atoms with Crippen LogP contribution in [0.15, 0.2) is 36.5 Å². The summed E-state index contributed by atoms with van der Waals surface area (Å²) in [6.07, 6.45) is 1.57. The molecular weight excluding hydrogens is 322 g/mol. The Bertz CT molecular complexity index is 728. The van der Waals surface area contributed by atoms with Crippen LogP contribution >= 0.6 is 0 Å². The molecule has 1 aromatic heterocycles. The summed E-state index contributed by atoms with van der Waals surface area (Å²) in [4.78, 5) is 17.4. The molecule has 0 radical (unpaired) electrons. The number of carboxylic acid groups (broad SMARTS) is 1. The minimum atomic E-state index is -1.09. The van der Waals surface area contributed by atoms with E-state index in [0.29, 0.717) is 12.2 Å². The number of aromatic carboxylic acids is 1. The van der Waals surface area contributed by atoms with Crippen LogP contribution in [0.25, 0.3) is 11.1 Å². The Kier molecular flexibility index (Phi) is 5.47. The summed E-state index contributed by atoms with van der Waals surface area (Å²) in [6, 6.07) is 9.02. The number of anilines is 1. The maximum Gasteiger partial charge on any atom is 0.339 e. The third-order valence-electron chi connectivity index (χ3n) is 4.12. The van der Waals surface area contributed by atoms with E-state index in [2.05, 4.69) is 9.88 Å². The zero-order chi connectivity index (χ0) is 17.6. The van der Waals surface area contributed by atoms with Crippen molar-refractivity contribution in [2.24, 2.45) is 0 Å². The summed E-state index contributed by atoms with van der Waals surface area (Å²) in [5, 5.41) is 9.13. The van der Waals surface area contributed by atoms with E-state index in [9.17, 15) is 4.79 Å². The third-order valence-corrected chi connectivity index (χ3v) is 4.12. The van der Waals surface area contributed by atoms with Crippen LogP contribution in [0, 0.1) is 0 Å². The largest absolute Gasteiger partial charge is 0.492 e. The quantitative estimate of drug-likeness (QED) is 0.824. The number of ether oxygens (including phenoxy) is 2. The van der Waals surface area contributed by atoms with Gasteiger partial charge in [0.05, 0.1) is 13.2 Å². The van der Waals surface area contributed by atoms with Crippen LogP contribution in [0.4, 0.5) is 5.82 Å². The van der Waals surface area contributed by atoms with Crippen LogP contribution in [0.3, 0.4) is 0 Å². The number of nitrogens with zero attached hydrogens (tertiary/aromatic N) is 2. The molecule has 7 nitrogen and oxygen atoms in total. The van der Waals surface area contributed by atoms with E-state index >= 15 is 0 Å². The van der Waals surface area contributed by atoms with Crippen molar-refractivity contribution >= 4 is 11.8 Å². The minimum Gasteiger partial charge on any atom is -0.492 e. The summed E-state index contributed by atoms with van der Waals surface area (Å²) in [5.41, 5.74) is 7.15. The standard InChI is InChI=1S/C18H21N3O4/c19-17-16(18(22)23)11-14(12-20-17)13-1-3-15(4-2-13)25-10-7-21-5-8-24-9-6-21/h1-4,11-12H,5-10H2,(H2,19,20)(H,22,23). The SMILES string of the molecule is Nc1ncc(-c2ccc(OCCN3CCOCC3)cc2)cc1C(=O)O. The number of pyridine rings is 1. The number of hydrogen-bond acceptors (Lipinski definition) is 6. The molecule has 2 heterocycles. The van der Waals surface area contributed by atoms with Gasteiger partial charge >= 0.3 is 5.97 Å². The van der Waals surface area contributed by atoms with Gasteiger partial charge < -0.3 is 20.3 Å². The molecule has 0 unspecified atom stereocenters. The Morgan fingerprint density at radius 2 is 1.96 bits per heavy atom. The average molecular weight is 343 g/mol. The topological polar surface area (TPSA) is 97.9 Å². The molecule has 1 aliphatic heterocycles. The first-order valence-corrected chi connectivity index (χ1v) is 8.15. The molecule has 1 fully saturated rings. The van der Waals surface area contributed by atoms with E-state index in [4.69, 9.17) is 20.3 Å². The normalized spacial score (nSPS) is 15.0. The number of hydrogen-bond donors (Lipinski definition) is 2. The Morgan fingerprint density at radius 1 is 1.24 bits per heavy atom. The number of nitrogens with two attached hydrogens (primary N) is 1. The summed E-state index contributed by atoms with van der Waals surface area (Å²) in [7, 11) is 0. The summed E-state index contributed by atoms with van der Waals surface area (Å²) in [5.74, 6) is -0.298. The van der Waals surface area contributed by atoms with E-state index in [1.54, 1.807) is 6.20 Å². The highest BCUT2D eigenvalue weighted by atomic mass is 16.5. The molecule has 1 aliphatic rings. The average Bonchev–Trinajstić information content (AvgIpc) is 2.63. The lowest BCUT2D eigenvalue weighted by Gasteiger charge is -2.26. The first-order valence-electron chi connectivity index (χ1n) is 8.15. The van der Waals surface area contributed by atoms with Gasteiger partial charge in [0.1, 0.15) is 23.7 Å². The fourth-order valence-electron chi connectivity index (χ4n) is 2.67. The summed E-state index contributed by atoms with van der Waals surface area (Å²) < 4.78 is 11.1. The molecule has 1 aromatic carbocycles. The zero-order valence-corrected chi connectivity index (χ0v) is 13.9. The molecule has 0 atom stereocenters. The van der Waals surface area contributed by atoms with Gasteiger partial charge in [-0.25, -0.2) is 9.78 Å². The van der Waals surface area contributed by atoms with Crippen LogP contribution < -0.4 is 10.5 Å². The van der Waals surface area contributed by atoms with Crippen LogP contribution in [0.2, 0.25) is 0 Å². The third kappa shape index (κ3) is 4.46. The van der Waals surface area contributed by atoms with Crippen molar-refractivity contribution < 1.29 is 19.4 Å². The number of aromatic nitrogens is 1. The fraction of sp³-hybridized carbons (Fsp3) is 0.333. The van der Waals surface area contributed by atoms with Gasteiger partial charge in [0, 0.05) is 31.4 Å². The monoisotopic (exact) mass is 343 g/mol. The Hall–Kier alpha value is -2.64. The molecule has 3 rings (SSSR count). The fourth-order valence-corrected chi connectivity index (χ4v) is 2.67. The minimum absolute atomic E-state index is 0.00309. The zero-order valence-electron chi connectivity index (χ0n) is 13.9. The van der Waals surface area contributed by atoms with Crippen molar-refractivity contribution in [3.05, 3.63) is 42.1 Å². The second-order valence-corrected chi connectivity index (χ2v) is 5.79. The van der Waals surface area contributed by atoms with E-state index < -0.39 is 5.97 Å². The highest BCUT2D eigenvalue weighted by Gasteiger charge is 2.12. The predicted octanol–water partition coefficient (Wildman–Crippen LogP) is 1.74. The van der Waals surface area contributed by atoms with Gasteiger partial charge in [-0.05, 0) is 23.8 Å². The number of carbonyl (C=O) groups is 1. The van der Waals surface area contributed by atoms with E-state index in [-0.39, 0.29) is 11.4 Å². The number of rotatable bonds is 6. The molecule has 0 bridgehead atoms. The summed E-state index contributed by atoms with van der Waals surface area (Å²) >= 11 is 0. The lowest BCUT2D eigenvalue weighted by Crippen LogP contribution is -2.38. The van der Waals surface area contributed by atoms with Crippen molar-refractivity contribution in [1.29, 1.82) is 0 Å². The van der Waals surface area contributed by atoms with Crippen LogP contribution in [-0.4, -0.2) is 60.4 Å². The molecular formula is C18H21N3O4. The summed E-state index contributed by atoms with van der Waals surface area (Å²) in [6.45, 7) is 4.93. The highest BCUT2D eigenvalue weighted by Crippen LogP contribution is 2.24. The van der Waals surface area contributed by atoms with Crippen molar-refractivity contribution in [3.8, 4) is 16.9 Å². The second kappa shape index (κ2) is 7.96. The molecule has 132 valence electrons. The second-order valence-electron chi connectivity index (χ2n) is 5.79. The van der Waals surface area contributed by atoms with Crippen molar-refractivity contribution in [2.45, 2.75) is 0 Å². The van der Waals surface area contributed by atoms with Gasteiger partial charge in [-0.3, -0.25) is 4.90 Å². The van der Waals surface area contributed by atoms with Crippen LogP contribution in [-0.2, 0) is 4.74 Å². The number of carboxylic acids is 1. The maximum absolute atomic E-state index is 11.2. The predicted molar refractivity (Wildman–Crippen MR) is 93.8 cm³/mol. The van der Waals surface area contributed by atoms with Crippen LogP contribution in [0.1, 0.15) is 10.4 Å². The first kappa shape index (κ1) is 17.2. The molecule has 2 aromatic rings. The van der Waals surface area contributed by atoms with Gasteiger partial charge in [-0.2, -0.15) is 0 Å². The van der Waals surface area contributed by atoms with E-state index in [1.165, 1.54) is 6.07 Å². The molecule has 1 saturated heterocycles. The van der Waals surface area contributed by atoms with Crippen molar-refractivity contribution in [1.82, 2.24) is 9.88 Å². The Balaban J connectivity index is 1.60. The highest BCUT2D eigenvalue weighted by molar-refractivity contribution is 5.94. The van der Waals surface area contributed by atoms with Gasteiger partial charge in [-0.15, -0.1) is 0 Å². The lowest BCUT2D eigenvalue weighted by atomic mass is 10.1. The van der Waals surface area contributed by atoms with Gasteiger partial charge in [0.2, 0.25) is 0 Å². The van der Waals surface area contributed by atoms with Crippen molar-refractivity contribution in [3.63, 3.8) is 0 Å². The number of morpholine rings is 1. The molecule has 0 amide bonds. The van der Waals surface area contributed by atoms with Gasteiger partial charge in [-0.1, -0.05) is 12.1 Å². The molecule has 7 heteroatoms. The molecule has 25 heavy (non-hydrogen) atoms. The molecule has 0 saturated carbocycles. The lowest BCUT2D eigenvalue weighted by molar-refractivity contribution is 0.0322. The molecule has 0 spiro atoms. The Labute approximate surface area is 146 Å². The smallest absolute Gasteiger partial charge is 0.339 e. The number of nitrogen functional groups attached to an aromatic ring is 1. The Morgan fingerprint density at radius 3 is 2.64 bits per heavy atom. The van der Waals surface area contributed by atoms with Gasteiger partial charge in [0.15, 0.2) is 0 Å².